The number of amides is 1. The van der Waals surface area contributed by atoms with E-state index in [4.69, 9.17) is 29.0 Å². The van der Waals surface area contributed by atoms with Gasteiger partial charge in [-0.1, -0.05) is 44.0 Å². The molecule has 0 spiro atoms. The van der Waals surface area contributed by atoms with Gasteiger partial charge in [0.2, 0.25) is 0 Å². The van der Waals surface area contributed by atoms with Gasteiger partial charge in [0.25, 0.3) is 17.3 Å². The number of carbonyl (C=O) groups is 1. The lowest BCUT2D eigenvalue weighted by Crippen LogP contribution is -2.30. The number of nitrogens with one attached hydrogen (secondary N) is 1. The number of aromatic nitrogens is 5. The predicted molar refractivity (Wildman–Crippen MR) is 229 cm³/mol. The van der Waals surface area contributed by atoms with Gasteiger partial charge in [0.05, 0.1) is 32.2 Å². The van der Waals surface area contributed by atoms with Crippen molar-refractivity contribution >= 4 is 80.8 Å². The van der Waals surface area contributed by atoms with Crippen LogP contribution in [0.4, 0.5) is 37.7 Å². The van der Waals surface area contributed by atoms with Crippen LogP contribution in [0.1, 0.15) is 48.0 Å². The number of nitro groups is 2. The lowest BCUT2D eigenvalue weighted by molar-refractivity contribution is -0.384. The van der Waals surface area contributed by atoms with Crippen LogP contribution in [-0.4, -0.2) is 69.8 Å². The van der Waals surface area contributed by atoms with Gasteiger partial charge in [0.15, 0.2) is 11.6 Å². The Labute approximate surface area is 372 Å². The maximum atomic E-state index is 13.0. The molecule has 0 aliphatic heterocycles. The molecule has 3 N–H and O–H groups in total. The summed E-state index contributed by atoms with van der Waals surface area (Å²) in [5.41, 5.74) is 0.569. The molecule has 5 rings (SSSR count). The molecule has 0 fully saturated rings. The Morgan fingerprint density at radius 3 is 1.84 bits per heavy atom. The third kappa shape index (κ3) is 13.5. The quantitative estimate of drug-likeness (QED) is 0.0185. The number of alkyl halides is 6. The van der Waals surface area contributed by atoms with Crippen LogP contribution < -0.4 is 11.3 Å². The van der Waals surface area contributed by atoms with Gasteiger partial charge in [-0.15, -0.1) is 45.5 Å². The van der Waals surface area contributed by atoms with Crippen molar-refractivity contribution in [2.24, 2.45) is 17.9 Å². The monoisotopic (exact) mass is 966 g/mol. The number of nitro benzene ring substituents is 2. The highest BCUT2D eigenvalue weighted by Crippen LogP contribution is 2.39. The number of nitrogens with zero attached hydrogens (tertiary/aromatic N) is 8. The number of rotatable bonds is 11. The van der Waals surface area contributed by atoms with Crippen LogP contribution in [0.5, 0.6) is 0 Å². The van der Waals surface area contributed by atoms with Crippen molar-refractivity contribution in [3.05, 3.63) is 114 Å². The molecule has 0 unspecified atom stereocenters. The molecule has 0 saturated carbocycles. The van der Waals surface area contributed by atoms with E-state index in [0.717, 1.165) is 48.5 Å². The molecule has 62 heavy (non-hydrogen) atoms. The summed E-state index contributed by atoms with van der Waals surface area (Å²) in [5, 5.41) is 30.5. The number of aliphatic imine (C=N–C) groups is 1. The first kappa shape index (κ1) is 51.3. The first-order chi connectivity index (χ1) is 29.1. The Kier molecular flexibility index (Phi) is 19.0. The fraction of sp³-hybridized carbons (Fsp3) is 0.278. The maximum Gasteiger partial charge on any atom is 0.416 e. The van der Waals surface area contributed by atoms with E-state index in [2.05, 4.69) is 25.2 Å². The van der Waals surface area contributed by atoms with Crippen LogP contribution >= 0.6 is 58.5 Å². The first-order valence-electron chi connectivity index (χ1n) is 17.4. The van der Waals surface area contributed by atoms with Crippen molar-refractivity contribution in [3.8, 4) is 22.9 Å². The van der Waals surface area contributed by atoms with Gasteiger partial charge >= 0.3 is 12.4 Å². The normalized spacial score (nSPS) is 11.5. The summed E-state index contributed by atoms with van der Waals surface area (Å²) in [6.45, 7) is 5.70. The molecule has 332 valence electrons. The molecule has 5 aromatic rings. The molecule has 26 heteroatoms. The molecule has 0 saturated heterocycles. The number of halogens is 8. The van der Waals surface area contributed by atoms with E-state index in [9.17, 15) is 51.4 Å². The summed E-state index contributed by atoms with van der Waals surface area (Å²) in [6.07, 6.45) is -6.67. The number of nitrogen functional groups attached to an aromatic ring is 1. The molecule has 1 amide bonds. The van der Waals surface area contributed by atoms with Crippen LogP contribution in [0.3, 0.4) is 0 Å². The summed E-state index contributed by atoms with van der Waals surface area (Å²) in [7, 11) is 3.09. The van der Waals surface area contributed by atoms with Gasteiger partial charge in [-0.3, -0.25) is 45.4 Å². The Balaban J connectivity index is 0.000000266. The van der Waals surface area contributed by atoms with Gasteiger partial charge in [-0.25, -0.2) is 5.84 Å². The van der Waals surface area contributed by atoms with E-state index in [-0.39, 0.29) is 50.0 Å². The molecular formula is C36H34Cl2F6N10O5S3. The lowest BCUT2D eigenvalue weighted by Gasteiger charge is -2.10. The van der Waals surface area contributed by atoms with Crippen molar-refractivity contribution in [2.75, 3.05) is 24.3 Å². The minimum atomic E-state index is -4.53. The van der Waals surface area contributed by atoms with Crippen molar-refractivity contribution < 1.29 is 41.0 Å². The number of nitrogens with two attached hydrogens (primary N) is 1. The van der Waals surface area contributed by atoms with Crippen LogP contribution in [0.15, 0.2) is 75.7 Å². The molecule has 15 nitrogen and oxygen atoms in total. The van der Waals surface area contributed by atoms with E-state index in [0.29, 0.717) is 31.9 Å². The number of carbonyl (C=O) groups excluding carboxylic acids is 1. The standard InChI is InChI=1S/C17H13ClF3N5O2S.C10H11F3N2S.C9H10ClN3O3S/c1-3-29-14-8-11(18)13(26(27)28)7-10(14)15-23-24-16(25(15)2)12-6-9(4-5-22-12)17(19,20)21;1-3-16-9(14-2)8-6-7(4-5-15-8)10(11,12)13;1-2-17-8-4-6(10)7(13(15)16)3-5(8)9(14)12-11/h4-8H,3H2,1-2H3;4-6H,3H2,1-2H3;3-4H,2,11H2,1H3,(H,12,14). The van der Waals surface area contributed by atoms with Crippen molar-refractivity contribution in [2.45, 2.75) is 42.9 Å². The number of thioether (sulfide) groups is 3. The summed E-state index contributed by atoms with van der Waals surface area (Å²) in [4.78, 5) is 45.2. The van der Waals surface area contributed by atoms with Crippen molar-refractivity contribution in [1.82, 2.24) is 30.2 Å². The molecule has 0 atom stereocenters. The average molecular weight is 968 g/mol. The SMILES string of the molecule is CCSC(=NC)c1cc(C(F)(F)F)ccn1.CCSc1cc(Cl)c([N+](=O)[O-])cc1-c1nnc(-c2cc(C(F)(F)F)ccn2)n1C.CCSc1cc(Cl)c([N+](=O)[O-])cc1C(=O)NN. The summed E-state index contributed by atoms with van der Waals surface area (Å²) in [6, 6.07) is 8.99. The number of benzene rings is 2. The van der Waals surface area contributed by atoms with E-state index < -0.39 is 39.2 Å². The Hall–Kier alpha value is -5.01. The first-order valence-corrected chi connectivity index (χ1v) is 21.1. The van der Waals surface area contributed by atoms with Gasteiger partial charge < -0.3 is 4.57 Å². The second kappa shape index (κ2) is 22.9. The summed E-state index contributed by atoms with van der Waals surface area (Å²) in [5.74, 6) is 6.89. The van der Waals surface area contributed by atoms with Gasteiger partial charge in [0.1, 0.15) is 20.8 Å². The minimum Gasteiger partial charge on any atom is -0.309 e. The smallest absolute Gasteiger partial charge is 0.309 e. The molecule has 0 aliphatic carbocycles. The fourth-order valence-electron chi connectivity index (χ4n) is 4.98. The Morgan fingerprint density at radius 1 is 0.806 bits per heavy atom. The molecule has 3 aromatic heterocycles. The highest BCUT2D eigenvalue weighted by Gasteiger charge is 2.32. The summed E-state index contributed by atoms with van der Waals surface area (Å²) >= 11 is 15.9. The Morgan fingerprint density at radius 2 is 1.32 bits per heavy atom. The van der Waals surface area contributed by atoms with Crippen molar-refractivity contribution in [1.29, 1.82) is 0 Å². The largest absolute Gasteiger partial charge is 0.416 e. The van der Waals surface area contributed by atoms with E-state index >= 15 is 0 Å². The lowest BCUT2D eigenvalue weighted by atomic mass is 10.2. The zero-order valence-electron chi connectivity index (χ0n) is 32.8. The highest BCUT2D eigenvalue weighted by molar-refractivity contribution is 8.14. The molecule has 0 aliphatic rings. The van der Waals surface area contributed by atoms with Crippen LogP contribution in [-0.2, 0) is 19.4 Å². The molecule has 0 radical (unpaired) electrons. The third-order valence-corrected chi connectivity index (χ3v) is 11.1. The number of hydrazine groups is 1. The molecule has 0 bridgehead atoms. The molecular weight excluding hydrogens is 934 g/mol. The van der Waals surface area contributed by atoms with Crippen LogP contribution in [0, 0.1) is 20.2 Å². The minimum absolute atomic E-state index is 0.000443. The highest BCUT2D eigenvalue weighted by atomic mass is 35.5. The van der Waals surface area contributed by atoms with E-state index in [1.807, 2.05) is 26.2 Å². The van der Waals surface area contributed by atoms with Crippen LogP contribution in [0.2, 0.25) is 10.0 Å². The molecule has 3 heterocycles. The summed E-state index contributed by atoms with van der Waals surface area (Å²) < 4.78 is 77.8. The van der Waals surface area contributed by atoms with Gasteiger partial charge in [-0.2, -0.15) is 26.3 Å². The maximum absolute atomic E-state index is 13.0. The topological polar surface area (TPSA) is 210 Å². The van der Waals surface area contributed by atoms with Crippen molar-refractivity contribution in [3.63, 3.8) is 0 Å². The van der Waals surface area contributed by atoms with Gasteiger partial charge in [0, 0.05) is 54.0 Å². The average Bonchev–Trinajstić information content (AvgIpc) is 3.60. The second-order valence-corrected chi connectivity index (χ2v) is 16.4. The number of hydrogen-bond acceptors (Lipinski definition) is 14. The predicted octanol–water partition coefficient (Wildman–Crippen LogP) is 10.4. The van der Waals surface area contributed by atoms with Gasteiger partial charge in [-0.05, 0) is 53.7 Å². The molecule has 2 aromatic carbocycles. The fourth-order valence-corrected chi connectivity index (χ4v) is 7.87. The van der Waals surface area contributed by atoms with E-state index in [1.54, 1.807) is 14.1 Å². The van der Waals surface area contributed by atoms with Crippen LogP contribution in [0.25, 0.3) is 22.9 Å². The van der Waals surface area contributed by atoms with E-state index in [1.165, 1.54) is 58.1 Å². The number of pyridine rings is 2. The number of hydrogen-bond donors (Lipinski definition) is 2. The third-order valence-electron chi connectivity index (χ3n) is 7.69. The zero-order valence-corrected chi connectivity index (χ0v) is 36.8. The zero-order chi connectivity index (χ0) is 46.5. The second-order valence-electron chi connectivity index (χ2n) is 11.7. The Bertz CT molecular complexity index is 2440.